The van der Waals surface area contributed by atoms with Crippen LogP contribution in [0.25, 0.3) is 0 Å². The second-order valence-electron chi connectivity index (χ2n) is 2.26. The molecule has 0 atom stereocenters. The largest absolute Gasteiger partial charge is 0.305 e. The molecule has 66 valence electrons. The van der Waals surface area contributed by atoms with E-state index in [9.17, 15) is 4.39 Å². The molecule has 1 N–H and O–H groups in total. The molecular formula is C8H9ClFNO. The highest BCUT2D eigenvalue weighted by atomic mass is 35.5. The molecule has 0 spiro atoms. The first-order chi connectivity index (χ1) is 5.74. The highest BCUT2D eigenvalue weighted by Gasteiger charge is 2.00. The van der Waals surface area contributed by atoms with Crippen molar-refractivity contribution in [1.82, 2.24) is 5.48 Å². The van der Waals surface area contributed by atoms with Crippen LogP contribution in [0, 0.1) is 5.82 Å². The van der Waals surface area contributed by atoms with Gasteiger partial charge in [0.05, 0.1) is 7.11 Å². The highest BCUT2D eigenvalue weighted by Crippen LogP contribution is 2.16. The Kier molecular flexibility index (Phi) is 3.47. The monoisotopic (exact) mass is 189 g/mol. The number of hydroxylamine groups is 1. The van der Waals surface area contributed by atoms with Crippen molar-refractivity contribution >= 4 is 11.6 Å². The van der Waals surface area contributed by atoms with Gasteiger partial charge in [-0.2, -0.15) is 5.48 Å². The van der Waals surface area contributed by atoms with E-state index in [2.05, 4.69) is 10.3 Å². The summed E-state index contributed by atoms with van der Waals surface area (Å²) in [6.45, 7) is 0.468. The summed E-state index contributed by atoms with van der Waals surface area (Å²) in [7, 11) is 1.51. The lowest BCUT2D eigenvalue weighted by Crippen LogP contribution is -2.10. The molecule has 0 amide bonds. The number of hydrogen-bond acceptors (Lipinski definition) is 2. The zero-order valence-corrected chi connectivity index (χ0v) is 7.36. The van der Waals surface area contributed by atoms with Crippen LogP contribution in [-0.4, -0.2) is 7.11 Å². The van der Waals surface area contributed by atoms with Gasteiger partial charge in [0.25, 0.3) is 0 Å². The predicted molar refractivity (Wildman–Crippen MR) is 45.3 cm³/mol. The Hall–Kier alpha value is -0.640. The number of rotatable bonds is 3. The van der Waals surface area contributed by atoms with Crippen molar-refractivity contribution in [3.63, 3.8) is 0 Å². The van der Waals surface area contributed by atoms with E-state index in [1.807, 2.05) is 0 Å². The zero-order chi connectivity index (χ0) is 8.97. The van der Waals surface area contributed by atoms with Gasteiger partial charge in [-0.3, -0.25) is 0 Å². The second kappa shape index (κ2) is 4.40. The van der Waals surface area contributed by atoms with Gasteiger partial charge in [0, 0.05) is 11.6 Å². The molecule has 12 heavy (non-hydrogen) atoms. The molecule has 1 rings (SSSR count). The van der Waals surface area contributed by atoms with Crippen LogP contribution in [0.15, 0.2) is 18.2 Å². The summed E-state index contributed by atoms with van der Waals surface area (Å²) in [6, 6.07) is 4.25. The molecule has 0 bridgehead atoms. The predicted octanol–water partition coefficient (Wildman–Crippen LogP) is 2.13. The van der Waals surface area contributed by atoms with Crippen molar-refractivity contribution in [3.05, 3.63) is 34.6 Å². The van der Waals surface area contributed by atoms with Crippen LogP contribution >= 0.6 is 11.6 Å². The normalized spacial score (nSPS) is 10.2. The van der Waals surface area contributed by atoms with E-state index in [4.69, 9.17) is 11.6 Å². The van der Waals surface area contributed by atoms with Crippen molar-refractivity contribution in [1.29, 1.82) is 0 Å². The minimum absolute atomic E-state index is 0.332. The van der Waals surface area contributed by atoms with Crippen LogP contribution < -0.4 is 5.48 Å². The Bertz CT molecular complexity index is 267. The molecule has 1 aromatic rings. The van der Waals surface area contributed by atoms with E-state index in [1.54, 1.807) is 6.07 Å². The Labute approximate surface area is 75.2 Å². The van der Waals surface area contributed by atoms with Crippen molar-refractivity contribution in [2.45, 2.75) is 6.54 Å². The van der Waals surface area contributed by atoms with Crippen molar-refractivity contribution in [3.8, 4) is 0 Å². The fourth-order valence-corrected chi connectivity index (χ4v) is 1.05. The lowest BCUT2D eigenvalue weighted by Gasteiger charge is -2.03. The first kappa shape index (κ1) is 9.45. The smallest absolute Gasteiger partial charge is 0.124 e. The molecule has 0 unspecified atom stereocenters. The van der Waals surface area contributed by atoms with E-state index in [1.165, 1.54) is 19.2 Å². The molecule has 0 aliphatic carbocycles. The number of nitrogens with one attached hydrogen (secondary N) is 1. The fourth-order valence-electron chi connectivity index (χ4n) is 0.815. The average molecular weight is 190 g/mol. The van der Waals surface area contributed by atoms with Crippen molar-refractivity contribution in [2.24, 2.45) is 0 Å². The van der Waals surface area contributed by atoms with Crippen LogP contribution in [0.4, 0.5) is 4.39 Å². The number of hydrogen-bond donors (Lipinski definition) is 1. The van der Waals surface area contributed by atoms with E-state index < -0.39 is 0 Å². The third-order valence-corrected chi connectivity index (χ3v) is 1.77. The fraction of sp³-hybridized carbons (Fsp3) is 0.250. The van der Waals surface area contributed by atoms with Gasteiger partial charge >= 0.3 is 0 Å². The second-order valence-corrected chi connectivity index (χ2v) is 2.67. The summed E-state index contributed by atoms with van der Waals surface area (Å²) in [6.07, 6.45) is 0. The Balaban J connectivity index is 2.72. The Morgan fingerprint density at radius 3 is 2.92 bits per heavy atom. The van der Waals surface area contributed by atoms with E-state index >= 15 is 0 Å². The molecule has 0 radical (unpaired) electrons. The van der Waals surface area contributed by atoms with Gasteiger partial charge in [-0.05, 0) is 17.7 Å². The number of halogens is 2. The summed E-state index contributed by atoms with van der Waals surface area (Å²) in [5, 5.41) is 0.402. The van der Waals surface area contributed by atoms with Gasteiger partial charge in [-0.15, -0.1) is 0 Å². The maximum absolute atomic E-state index is 12.5. The first-order valence-electron chi connectivity index (χ1n) is 3.44. The third kappa shape index (κ3) is 2.44. The van der Waals surface area contributed by atoms with E-state index in [0.29, 0.717) is 11.6 Å². The molecule has 4 heteroatoms. The quantitative estimate of drug-likeness (QED) is 0.736. The maximum atomic E-state index is 12.5. The van der Waals surface area contributed by atoms with Crippen LogP contribution in [0.1, 0.15) is 5.56 Å². The summed E-state index contributed by atoms with van der Waals surface area (Å²) in [5.41, 5.74) is 3.42. The third-order valence-electron chi connectivity index (χ3n) is 1.42. The standard InChI is InChI=1S/C8H9ClFNO/c1-12-11-5-6-2-3-7(10)4-8(6)9/h2-4,11H,5H2,1H3. The van der Waals surface area contributed by atoms with Crippen LogP contribution in [0.3, 0.4) is 0 Å². The summed E-state index contributed by atoms with van der Waals surface area (Å²) in [4.78, 5) is 4.63. The van der Waals surface area contributed by atoms with E-state index in [-0.39, 0.29) is 5.82 Å². The molecule has 0 aromatic heterocycles. The van der Waals surface area contributed by atoms with E-state index in [0.717, 1.165) is 5.56 Å². The topological polar surface area (TPSA) is 21.3 Å². The first-order valence-corrected chi connectivity index (χ1v) is 3.81. The number of benzene rings is 1. The highest BCUT2D eigenvalue weighted by molar-refractivity contribution is 6.31. The molecule has 2 nitrogen and oxygen atoms in total. The SMILES string of the molecule is CONCc1ccc(F)cc1Cl. The average Bonchev–Trinajstić information content (AvgIpc) is 2.03. The molecule has 0 saturated carbocycles. The summed E-state index contributed by atoms with van der Waals surface area (Å²) in [5.74, 6) is -0.332. The van der Waals surface area contributed by atoms with Crippen molar-refractivity contribution in [2.75, 3.05) is 7.11 Å². The van der Waals surface area contributed by atoms with Gasteiger partial charge in [-0.25, -0.2) is 4.39 Å². The minimum Gasteiger partial charge on any atom is -0.305 e. The lowest BCUT2D eigenvalue weighted by atomic mass is 10.2. The molecule has 0 fully saturated rings. The lowest BCUT2D eigenvalue weighted by molar-refractivity contribution is 0.0867. The van der Waals surface area contributed by atoms with Crippen molar-refractivity contribution < 1.29 is 9.23 Å². The van der Waals surface area contributed by atoms with Crippen LogP contribution in [0.2, 0.25) is 5.02 Å². The molecule has 0 aliphatic rings. The molecule has 0 aliphatic heterocycles. The molecular weight excluding hydrogens is 181 g/mol. The zero-order valence-electron chi connectivity index (χ0n) is 6.60. The van der Waals surface area contributed by atoms with Crippen LogP contribution in [-0.2, 0) is 11.4 Å². The molecule has 0 heterocycles. The summed E-state index contributed by atoms with van der Waals surface area (Å²) >= 11 is 5.73. The summed E-state index contributed by atoms with van der Waals surface area (Å²) < 4.78 is 12.5. The Morgan fingerprint density at radius 2 is 2.33 bits per heavy atom. The van der Waals surface area contributed by atoms with Gasteiger partial charge in [0.15, 0.2) is 0 Å². The maximum Gasteiger partial charge on any atom is 0.124 e. The van der Waals surface area contributed by atoms with Gasteiger partial charge < -0.3 is 4.84 Å². The van der Waals surface area contributed by atoms with Gasteiger partial charge in [-0.1, -0.05) is 17.7 Å². The van der Waals surface area contributed by atoms with Gasteiger partial charge in [0.1, 0.15) is 5.82 Å². The minimum atomic E-state index is -0.332. The van der Waals surface area contributed by atoms with Crippen LogP contribution in [0.5, 0.6) is 0 Å². The molecule has 1 aromatic carbocycles. The van der Waals surface area contributed by atoms with Gasteiger partial charge in [0.2, 0.25) is 0 Å². The Morgan fingerprint density at radius 1 is 1.58 bits per heavy atom. The molecule has 0 saturated heterocycles.